The summed E-state index contributed by atoms with van der Waals surface area (Å²) in [5.41, 5.74) is 0.546. The molecule has 0 atom stereocenters. The first-order valence-corrected chi connectivity index (χ1v) is 9.17. The van der Waals surface area contributed by atoms with Gasteiger partial charge in [0.1, 0.15) is 0 Å². The fourth-order valence-electron chi connectivity index (χ4n) is 3.25. The van der Waals surface area contributed by atoms with E-state index >= 15 is 0 Å². The molecule has 114 valence electrons. The van der Waals surface area contributed by atoms with Crippen molar-refractivity contribution in [3.8, 4) is 0 Å². The van der Waals surface area contributed by atoms with Crippen LogP contribution in [0.1, 0.15) is 51.9 Å². The van der Waals surface area contributed by atoms with Gasteiger partial charge in [0, 0.05) is 11.9 Å². The van der Waals surface area contributed by atoms with Crippen LogP contribution in [0.2, 0.25) is 0 Å². The minimum absolute atomic E-state index is 0.546. The molecule has 1 fully saturated rings. The summed E-state index contributed by atoms with van der Waals surface area (Å²) in [6.45, 7) is 7.26. The van der Waals surface area contributed by atoms with E-state index in [1.54, 1.807) is 0 Å². The van der Waals surface area contributed by atoms with Gasteiger partial charge >= 0.3 is 0 Å². The maximum atomic E-state index is 3.82. The second kappa shape index (κ2) is 9.36. The second-order valence-electron chi connectivity index (χ2n) is 6.57. The summed E-state index contributed by atoms with van der Waals surface area (Å²) in [6.07, 6.45) is 9.88. The van der Waals surface area contributed by atoms with Gasteiger partial charge in [-0.05, 0) is 58.4 Å². The second-order valence-corrected chi connectivity index (χ2v) is 7.13. The van der Waals surface area contributed by atoms with E-state index in [1.165, 1.54) is 76.5 Å². The molecule has 0 spiro atoms. The van der Waals surface area contributed by atoms with Crippen molar-refractivity contribution in [3.63, 3.8) is 0 Å². The Morgan fingerprint density at radius 1 is 1.00 bits per heavy atom. The van der Waals surface area contributed by atoms with Crippen molar-refractivity contribution in [1.29, 1.82) is 0 Å². The number of hydrogen-bond donors (Lipinski definition) is 0. The maximum Gasteiger partial charge on any atom is 0.0100 e. The third-order valence-electron chi connectivity index (χ3n) is 4.53. The molecule has 1 aliphatic carbocycles. The van der Waals surface area contributed by atoms with Gasteiger partial charge in [-0.3, -0.25) is 0 Å². The highest BCUT2D eigenvalue weighted by Gasteiger charge is 2.31. The first-order valence-electron chi connectivity index (χ1n) is 8.05. The van der Waals surface area contributed by atoms with Crippen LogP contribution in [0.4, 0.5) is 0 Å². The molecular formula is C16H33BrN2. The molecule has 0 saturated heterocycles. The van der Waals surface area contributed by atoms with Crippen molar-refractivity contribution >= 4 is 15.9 Å². The van der Waals surface area contributed by atoms with Crippen molar-refractivity contribution in [1.82, 2.24) is 9.80 Å². The molecule has 0 aromatic heterocycles. The van der Waals surface area contributed by atoms with Gasteiger partial charge in [-0.1, -0.05) is 48.5 Å². The van der Waals surface area contributed by atoms with Crippen LogP contribution >= 0.6 is 15.9 Å². The summed E-state index contributed by atoms with van der Waals surface area (Å²) < 4.78 is 0. The lowest BCUT2D eigenvalue weighted by Crippen LogP contribution is -2.40. The zero-order chi connectivity index (χ0) is 14.1. The van der Waals surface area contributed by atoms with E-state index in [4.69, 9.17) is 0 Å². The Hall–Kier alpha value is 0.400. The van der Waals surface area contributed by atoms with Gasteiger partial charge in [0.15, 0.2) is 0 Å². The van der Waals surface area contributed by atoms with Crippen LogP contribution in [0.15, 0.2) is 0 Å². The molecule has 1 rings (SSSR count). The first kappa shape index (κ1) is 17.5. The van der Waals surface area contributed by atoms with Gasteiger partial charge in [0.25, 0.3) is 0 Å². The average Bonchev–Trinajstić information content (AvgIpc) is 2.63. The molecule has 0 aromatic carbocycles. The van der Waals surface area contributed by atoms with Gasteiger partial charge in [0.05, 0.1) is 0 Å². The predicted molar refractivity (Wildman–Crippen MR) is 89.2 cm³/mol. The zero-order valence-corrected chi connectivity index (χ0v) is 14.8. The normalized spacial score (nSPS) is 19.9. The monoisotopic (exact) mass is 332 g/mol. The van der Waals surface area contributed by atoms with Gasteiger partial charge in [-0.2, -0.15) is 0 Å². The number of alkyl halides is 1. The molecule has 0 N–H and O–H groups in total. The molecule has 0 amide bonds. The number of nitrogens with zero attached hydrogens (tertiary/aromatic N) is 2. The topological polar surface area (TPSA) is 6.48 Å². The van der Waals surface area contributed by atoms with Crippen LogP contribution < -0.4 is 0 Å². The zero-order valence-electron chi connectivity index (χ0n) is 13.3. The third kappa shape index (κ3) is 6.59. The lowest BCUT2D eigenvalue weighted by Gasteiger charge is -2.36. The number of hydrogen-bond acceptors (Lipinski definition) is 2. The van der Waals surface area contributed by atoms with Crippen molar-refractivity contribution in [2.75, 3.05) is 45.6 Å². The lowest BCUT2D eigenvalue weighted by atomic mass is 9.82. The van der Waals surface area contributed by atoms with E-state index in [0.717, 1.165) is 0 Å². The minimum Gasteiger partial charge on any atom is -0.309 e. The summed E-state index contributed by atoms with van der Waals surface area (Å²) in [6, 6.07) is 0. The molecule has 0 aromatic rings. The smallest absolute Gasteiger partial charge is 0.0100 e. The van der Waals surface area contributed by atoms with Gasteiger partial charge < -0.3 is 9.80 Å². The van der Waals surface area contributed by atoms with Gasteiger partial charge in [-0.25, -0.2) is 0 Å². The van der Waals surface area contributed by atoms with Crippen LogP contribution in [0.5, 0.6) is 0 Å². The van der Waals surface area contributed by atoms with Crippen molar-refractivity contribution in [3.05, 3.63) is 0 Å². The fraction of sp³-hybridized carbons (Fsp3) is 1.00. The van der Waals surface area contributed by atoms with E-state index in [0.29, 0.717) is 5.41 Å². The van der Waals surface area contributed by atoms with Crippen molar-refractivity contribution in [2.45, 2.75) is 51.9 Å². The van der Waals surface area contributed by atoms with Crippen LogP contribution in [-0.2, 0) is 0 Å². The molecule has 1 saturated carbocycles. The van der Waals surface area contributed by atoms with Crippen LogP contribution in [0.25, 0.3) is 0 Å². The Bertz CT molecular complexity index is 223. The standard InChI is InChI=1S/C16H33BrN2/c1-4-19(13-9-12-18(2)3)15-16(14-17)10-7-5-6-8-11-16/h4-15H2,1-3H3. The molecule has 2 nitrogen and oxygen atoms in total. The molecule has 19 heavy (non-hydrogen) atoms. The van der Waals surface area contributed by atoms with Crippen molar-refractivity contribution < 1.29 is 0 Å². The van der Waals surface area contributed by atoms with E-state index in [-0.39, 0.29) is 0 Å². The Labute approximate surface area is 129 Å². The average molecular weight is 333 g/mol. The quantitative estimate of drug-likeness (QED) is 0.489. The molecule has 0 aliphatic heterocycles. The molecule has 1 aliphatic rings. The van der Waals surface area contributed by atoms with E-state index < -0.39 is 0 Å². The predicted octanol–water partition coefficient (Wildman–Crippen LogP) is 4.00. The molecule has 0 bridgehead atoms. The fourth-order valence-corrected chi connectivity index (χ4v) is 3.98. The Morgan fingerprint density at radius 3 is 2.11 bits per heavy atom. The maximum absolute atomic E-state index is 3.82. The van der Waals surface area contributed by atoms with E-state index in [9.17, 15) is 0 Å². The lowest BCUT2D eigenvalue weighted by molar-refractivity contribution is 0.152. The number of halogens is 1. The minimum atomic E-state index is 0.546. The third-order valence-corrected chi connectivity index (χ3v) is 5.72. The SMILES string of the molecule is CCN(CCCN(C)C)CC1(CBr)CCCCCC1. The van der Waals surface area contributed by atoms with E-state index in [2.05, 4.69) is 46.7 Å². The van der Waals surface area contributed by atoms with Gasteiger partial charge in [0.2, 0.25) is 0 Å². The van der Waals surface area contributed by atoms with Crippen LogP contribution in [0, 0.1) is 5.41 Å². The molecule has 0 heterocycles. The summed E-state index contributed by atoms with van der Waals surface area (Å²) in [4.78, 5) is 4.97. The highest BCUT2D eigenvalue weighted by Crippen LogP contribution is 2.37. The van der Waals surface area contributed by atoms with Crippen molar-refractivity contribution in [2.24, 2.45) is 5.41 Å². The van der Waals surface area contributed by atoms with Crippen LogP contribution in [0.3, 0.4) is 0 Å². The first-order chi connectivity index (χ1) is 9.12. The largest absolute Gasteiger partial charge is 0.309 e. The highest BCUT2D eigenvalue weighted by molar-refractivity contribution is 9.09. The Kier molecular flexibility index (Phi) is 8.59. The number of rotatable bonds is 8. The van der Waals surface area contributed by atoms with Gasteiger partial charge in [-0.15, -0.1) is 0 Å². The summed E-state index contributed by atoms with van der Waals surface area (Å²) in [5, 5.41) is 1.18. The molecular weight excluding hydrogens is 300 g/mol. The summed E-state index contributed by atoms with van der Waals surface area (Å²) in [5.74, 6) is 0. The highest BCUT2D eigenvalue weighted by atomic mass is 79.9. The molecule has 0 radical (unpaired) electrons. The Morgan fingerprint density at radius 2 is 1.63 bits per heavy atom. The molecule has 3 heteroatoms. The van der Waals surface area contributed by atoms with Crippen LogP contribution in [-0.4, -0.2) is 55.4 Å². The van der Waals surface area contributed by atoms with E-state index in [1.807, 2.05) is 0 Å². The Balaban J connectivity index is 2.45. The molecule has 0 unspecified atom stereocenters. The summed E-state index contributed by atoms with van der Waals surface area (Å²) in [7, 11) is 4.34. The summed E-state index contributed by atoms with van der Waals surface area (Å²) >= 11 is 3.82.